The van der Waals surface area contributed by atoms with E-state index in [2.05, 4.69) is 5.32 Å². The molecule has 1 aromatic rings. The van der Waals surface area contributed by atoms with E-state index in [1.54, 1.807) is 0 Å². The van der Waals surface area contributed by atoms with E-state index in [4.69, 9.17) is 4.74 Å². The SMILES string of the molecule is COc1ccc(S(=O)(=O)N2CCC(C3CCCN3)CC2)cc1[N+](=O)[O-].Cl. The van der Waals surface area contributed by atoms with Gasteiger partial charge in [0, 0.05) is 25.2 Å². The first kappa shape index (κ1) is 20.9. The maximum Gasteiger partial charge on any atom is 0.312 e. The maximum atomic E-state index is 12.8. The van der Waals surface area contributed by atoms with E-state index in [-0.39, 0.29) is 28.7 Å². The molecule has 10 heteroatoms. The van der Waals surface area contributed by atoms with E-state index in [1.165, 1.54) is 30.0 Å². The van der Waals surface area contributed by atoms with Gasteiger partial charge in [-0.1, -0.05) is 0 Å². The topological polar surface area (TPSA) is 102 Å². The van der Waals surface area contributed by atoms with Crippen LogP contribution in [0.2, 0.25) is 0 Å². The Kier molecular flexibility index (Phi) is 6.84. The standard InChI is InChI=1S/C16H23N3O5S.ClH/c1-24-16-5-4-13(11-15(16)19(20)21)25(22,23)18-9-6-12(7-10-18)14-3-2-8-17-14;/h4-5,11-12,14,17H,2-3,6-10H2,1H3;1H. The molecule has 8 nitrogen and oxygen atoms in total. The lowest BCUT2D eigenvalue weighted by atomic mass is 9.89. The lowest BCUT2D eigenvalue weighted by Crippen LogP contribution is -2.43. The first-order valence-corrected chi connectivity index (χ1v) is 9.93. The van der Waals surface area contributed by atoms with Crippen LogP contribution < -0.4 is 10.1 Å². The first-order valence-electron chi connectivity index (χ1n) is 8.49. The molecule has 1 N–H and O–H groups in total. The second-order valence-corrected chi connectivity index (χ2v) is 8.47. The van der Waals surface area contributed by atoms with Gasteiger partial charge in [0.05, 0.1) is 16.9 Å². The second-order valence-electron chi connectivity index (χ2n) is 6.54. The maximum absolute atomic E-state index is 12.8. The zero-order valence-electron chi connectivity index (χ0n) is 14.6. The third kappa shape index (κ3) is 4.11. The van der Waals surface area contributed by atoms with Crippen molar-refractivity contribution in [1.82, 2.24) is 9.62 Å². The summed E-state index contributed by atoms with van der Waals surface area (Å²) in [6.45, 7) is 1.94. The van der Waals surface area contributed by atoms with Crippen molar-refractivity contribution in [3.63, 3.8) is 0 Å². The molecular weight excluding hydrogens is 382 g/mol. The molecule has 3 rings (SSSR count). The Bertz CT molecular complexity index is 744. The molecule has 0 aliphatic carbocycles. The normalized spacial score (nSPS) is 22.0. The van der Waals surface area contributed by atoms with Crippen molar-refractivity contribution in [2.24, 2.45) is 5.92 Å². The monoisotopic (exact) mass is 405 g/mol. The molecule has 1 unspecified atom stereocenters. The summed E-state index contributed by atoms with van der Waals surface area (Å²) in [4.78, 5) is 10.4. The van der Waals surface area contributed by atoms with E-state index >= 15 is 0 Å². The zero-order chi connectivity index (χ0) is 18.0. The Morgan fingerprint density at radius 1 is 1.27 bits per heavy atom. The van der Waals surface area contributed by atoms with E-state index in [9.17, 15) is 18.5 Å². The lowest BCUT2D eigenvalue weighted by Gasteiger charge is -2.34. The molecule has 0 radical (unpaired) electrons. The summed E-state index contributed by atoms with van der Waals surface area (Å²) in [5.41, 5.74) is -0.339. The number of halogens is 1. The van der Waals surface area contributed by atoms with Crippen LogP contribution in [0.25, 0.3) is 0 Å². The van der Waals surface area contributed by atoms with Gasteiger partial charge in [-0.05, 0) is 50.3 Å². The van der Waals surface area contributed by atoms with Gasteiger partial charge in [-0.2, -0.15) is 4.31 Å². The summed E-state index contributed by atoms with van der Waals surface area (Å²) >= 11 is 0. The van der Waals surface area contributed by atoms with Gasteiger partial charge in [0.25, 0.3) is 0 Å². The van der Waals surface area contributed by atoms with Crippen molar-refractivity contribution < 1.29 is 18.1 Å². The summed E-state index contributed by atoms with van der Waals surface area (Å²) in [5.74, 6) is 0.550. The van der Waals surface area contributed by atoms with Crippen LogP contribution in [-0.2, 0) is 10.0 Å². The minimum absolute atomic E-state index is 0. The number of sulfonamides is 1. The summed E-state index contributed by atoms with van der Waals surface area (Å²) in [7, 11) is -2.42. The fourth-order valence-corrected chi connectivity index (χ4v) is 5.24. The van der Waals surface area contributed by atoms with E-state index < -0.39 is 14.9 Å². The molecular formula is C16H24ClN3O5S. The van der Waals surface area contributed by atoms with Crippen molar-refractivity contribution in [2.75, 3.05) is 26.7 Å². The molecule has 0 aromatic heterocycles. The molecule has 146 valence electrons. The molecule has 0 spiro atoms. The van der Waals surface area contributed by atoms with Crippen molar-refractivity contribution in [3.8, 4) is 5.75 Å². The quantitative estimate of drug-likeness (QED) is 0.595. The van der Waals surface area contributed by atoms with Crippen LogP contribution in [0.4, 0.5) is 5.69 Å². The molecule has 1 aromatic carbocycles. The van der Waals surface area contributed by atoms with Gasteiger partial charge in [0.2, 0.25) is 10.0 Å². The number of nitrogens with zero attached hydrogens (tertiary/aromatic N) is 2. The highest BCUT2D eigenvalue weighted by Crippen LogP contribution is 2.33. The van der Waals surface area contributed by atoms with Crippen LogP contribution in [0, 0.1) is 16.0 Å². The zero-order valence-corrected chi connectivity index (χ0v) is 16.2. The van der Waals surface area contributed by atoms with Crippen LogP contribution in [-0.4, -0.2) is 50.4 Å². The molecule has 2 aliphatic rings. The number of nitro groups is 1. The number of hydrogen-bond donors (Lipinski definition) is 1. The molecule has 0 amide bonds. The average molecular weight is 406 g/mol. The first-order chi connectivity index (χ1) is 11.9. The number of benzene rings is 1. The van der Waals surface area contributed by atoms with Gasteiger partial charge >= 0.3 is 5.69 Å². The molecule has 2 aliphatic heterocycles. The number of ether oxygens (including phenoxy) is 1. The number of nitro benzene ring substituents is 1. The number of rotatable bonds is 5. The van der Waals surface area contributed by atoms with Crippen molar-refractivity contribution in [3.05, 3.63) is 28.3 Å². The molecule has 0 saturated carbocycles. The van der Waals surface area contributed by atoms with Crippen molar-refractivity contribution >= 4 is 28.1 Å². The third-order valence-corrected chi connectivity index (χ3v) is 7.05. The van der Waals surface area contributed by atoms with Crippen molar-refractivity contribution in [2.45, 2.75) is 36.6 Å². The molecule has 1 atom stereocenters. The number of hydrogen-bond acceptors (Lipinski definition) is 6. The lowest BCUT2D eigenvalue weighted by molar-refractivity contribution is -0.386. The fourth-order valence-electron chi connectivity index (χ4n) is 3.75. The fraction of sp³-hybridized carbons (Fsp3) is 0.625. The highest BCUT2D eigenvalue weighted by Gasteiger charge is 2.34. The largest absolute Gasteiger partial charge is 0.490 e. The molecule has 2 heterocycles. The summed E-state index contributed by atoms with van der Waals surface area (Å²) < 4.78 is 32.0. The Balaban J connectivity index is 0.00000243. The second kappa shape index (κ2) is 8.51. The Morgan fingerprint density at radius 2 is 1.96 bits per heavy atom. The van der Waals surface area contributed by atoms with Crippen LogP contribution in [0.15, 0.2) is 23.1 Å². The molecule has 0 bridgehead atoms. The number of nitrogens with one attached hydrogen (secondary N) is 1. The number of piperidine rings is 1. The van der Waals surface area contributed by atoms with Crippen LogP contribution in [0.5, 0.6) is 5.75 Å². The van der Waals surface area contributed by atoms with Gasteiger partial charge < -0.3 is 10.1 Å². The van der Waals surface area contributed by atoms with Crippen molar-refractivity contribution in [1.29, 1.82) is 0 Å². The van der Waals surface area contributed by atoms with Gasteiger partial charge in [0.1, 0.15) is 0 Å². The van der Waals surface area contributed by atoms with Gasteiger partial charge in [-0.15, -0.1) is 12.4 Å². The van der Waals surface area contributed by atoms with E-state index in [0.29, 0.717) is 25.0 Å². The number of methoxy groups -OCH3 is 1. The smallest absolute Gasteiger partial charge is 0.312 e. The van der Waals surface area contributed by atoms with E-state index in [1.807, 2.05) is 0 Å². The highest BCUT2D eigenvalue weighted by molar-refractivity contribution is 7.89. The van der Waals surface area contributed by atoms with Crippen LogP contribution in [0.1, 0.15) is 25.7 Å². The summed E-state index contributed by atoms with van der Waals surface area (Å²) in [5, 5.41) is 14.6. The average Bonchev–Trinajstić information content (AvgIpc) is 3.15. The predicted molar refractivity (Wildman–Crippen MR) is 99.4 cm³/mol. The Morgan fingerprint density at radius 3 is 2.50 bits per heavy atom. The molecule has 2 saturated heterocycles. The molecule has 26 heavy (non-hydrogen) atoms. The predicted octanol–water partition coefficient (Wildman–Crippen LogP) is 2.18. The minimum Gasteiger partial charge on any atom is -0.490 e. The molecule has 2 fully saturated rings. The van der Waals surface area contributed by atoms with Crippen LogP contribution >= 0.6 is 12.4 Å². The summed E-state index contributed by atoms with van der Waals surface area (Å²) in [6, 6.07) is 4.28. The Hall–Kier alpha value is -1.42. The van der Waals surface area contributed by atoms with Gasteiger partial charge in [-0.3, -0.25) is 10.1 Å². The third-order valence-electron chi connectivity index (χ3n) is 5.15. The Labute approximate surface area is 159 Å². The summed E-state index contributed by atoms with van der Waals surface area (Å²) in [6.07, 6.45) is 3.96. The van der Waals surface area contributed by atoms with E-state index in [0.717, 1.165) is 31.9 Å². The van der Waals surface area contributed by atoms with Gasteiger partial charge in [0.15, 0.2) is 5.75 Å². The van der Waals surface area contributed by atoms with Crippen LogP contribution in [0.3, 0.4) is 0 Å². The minimum atomic E-state index is -3.74. The highest BCUT2D eigenvalue weighted by atomic mass is 35.5. The van der Waals surface area contributed by atoms with Gasteiger partial charge in [-0.25, -0.2) is 8.42 Å².